The lowest BCUT2D eigenvalue weighted by atomic mass is 10.1. The third kappa shape index (κ3) is 6.36. The number of benzene rings is 1. The molecule has 0 aliphatic heterocycles. The van der Waals surface area contributed by atoms with E-state index >= 15 is 0 Å². The second-order valence-electron chi connectivity index (χ2n) is 4.79. The normalized spacial score (nSPS) is 11.5. The molecule has 5 N–H and O–H groups in total. The average Bonchev–Trinajstić information content (AvgIpc) is 2.52. The molecule has 22 heavy (non-hydrogen) atoms. The van der Waals surface area contributed by atoms with Crippen LogP contribution in [0.25, 0.3) is 0 Å². The maximum Gasteiger partial charge on any atom is 0.326 e. The second kappa shape index (κ2) is 9.51. The molecule has 0 aliphatic rings. The van der Waals surface area contributed by atoms with Crippen molar-refractivity contribution in [3.63, 3.8) is 0 Å². The largest absolute Gasteiger partial charge is 0.480 e. The van der Waals surface area contributed by atoms with Crippen molar-refractivity contribution in [2.45, 2.75) is 25.3 Å². The predicted octanol–water partition coefficient (Wildman–Crippen LogP) is 0.115. The Labute approximate surface area is 128 Å². The maximum absolute atomic E-state index is 11.8. The van der Waals surface area contributed by atoms with Gasteiger partial charge in [-0.2, -0.15) is 0 Å². The summed E-state index contributed by atoms with van der Waals surface area (Å²) in [5, 5.41) is 13.9. The van der Waals surface area contributed by atoms with Crippen LogP contribution < -0.4 is 16.4 Å². The number of hydrogen-bond acceptors (Lipinski definition) is 4. The van der Waals surface area contributed by atoms with Crippen LogP contribution in [-0.2, 0) is 9.59 Å². The quantitative estimate of drug-likeness (QED) is 0.483. The number of rotatable bonds is 9. The molecule has 7 nitrogen and oxygen atoms in total. The SMILES string of the molecule is NCCCC[C@H](NC(=O)CNC(=O)c1ccccc1)C(=O)O. The fourth-order valence-electron chi connectivity index (χ4n) is 1.85. The summed E-state index contributed by atoms with van der Waals surface area (Å²) in [6, 6.07) is 7.50. The molecular weight excluding hydrogens is 286 g/mol. The van der Waals surface area contributed by atoms with Gasteiger partial charge < -0.3 is 21.5 Å². The van der Waals surface area contributed by atoms with Crippen LogP contribution in [0, 0.1) is 0 Å². The Morgan fingerprint density at radius 3 is 2.41 bits per heavy atom. The van der Waals surface area contributed by atoms with Gasteiger partial charge in [0.2, 0.25) is 5.91 Å². The summed E-state index contributed by atoms with van der Waals surface area (Å²) in [6.45, 7) is 0.210. The van der Waals surface area contributed by atoms with Crippen LogP contribution in [-0.4, -0.2) is 42.0 Å². The van der Waals surface area contributed by atoms with E-state index in [2.05, 4.69) is 10.6 Å². The first kappa shape index (κ1) is 17.6. The summed E-state index contributed by atoms with van der Waals surface area (Å²) in [5.74, 6) is -2.02. The molecule has 0 fully saturated rings. The van der Waals surface area contributed by atoms with E-state index in [1.54, 1.807) is 30.3 Å². The number of carboxylic acids is 1. The molecule has 0 spiro atoms. The van der Waals surface area contributed by atoms with Crippen LogP contribution in [0.4, 0.5) is 0 Å². The number of unbranched alkanes of at least 4 members (excludes halogenated alkanes) is 1. The lowest BCUT2D eigenvalue weighted by Gasteiger charge is -2.14. The third-order valence-corrected chi connectivity index (χ3v) is 3.03. The van der Waals surface area contributed by atoms with Gasteiger partial charge in [-0.1, -0.05) is 18.2 Å². The van der Waals surface area contributed by atoms with Crippen molar-refractivity contribution in [3.05, 3.63) is 35.9 Å². The number of aliphatic carboxylic acids is 1. The van der Waals surface area contributed by atoms with Gasteiger partial charge in [-0.15, -0.1) is 0 Å². The first-order valence-corrected chi connectivity index (χ1v) is 7.10. The monoisotopic (exact) mass is 307 g/mol. The second-order valence-corrected chi connectivity index (χ2v) is 4.79. The highest BCUT2D eigenvalue weighted by Gasteiger charge is 2.19. The van der Waals surface area contributed by atoms with Gasteiger partial charge in [0.1, 0.15) is 6.04 Å². The number of amides is 2. The van der Waals surface area contributed by atoms with Crippen molar-refractivity contribution in [3.8, 4) is 0 Å². The van der Waals surface area contributed by atoms with E-state index in [1.807, 2.05) is 0 Å². The van der Waals surface area contributed by atoms with Gasteiger partial charge >= 0.3 is 5.97 Å². The van der Waals surface area contributed by atoms with Gasteiger partial charge in [-0.3, -0.25) is 9.59 Å². The Kier molecular flexibility index (Phi) is 7.63. The number of hydrogen-bond donors (Lipinski definition) is 4. The van der Waals surface area contributed by atoms with Gasteiger partial charge in [-0.25, -0.2) is 4.79 Å². The van der Waals surface area contributed by atoms with E-state index < -0.39 is 17.9 Å². The van der Waals surface area contributed by atoms with Crippen molar-refractivity contribution in [2.24, 2.45) is 5.73 Å². The minimum absolute atomic E-state index is 0.269. The van der Waals surface area contributed by atoms with Crippen LogP contribution >= 0.6 is 0 Å². The van der Waals surface area contributed by atoms with Crippen molar-refractivity contribution in [1.29, 1.82) is 0 Å². The first-order chi connectivity index (χ1) is 10.5. The van der Waals surface area contributed by atoms with Crippen LogP contribution in [0.5, 0.6) is 0 Å². The molecule has 120 valence electrons. The Bertz CT molecular complexity index is 505. The molecule has 1 rings (SSSR count). The minimum atomic E-state index is -1.10. The van der Waals surface area contributed by atoms with Crippen LogP contribution in [0.2, 0.25) is 0 Å². The smallest absolute Gasteiger partial charge is 0.326 e. The van der Waals surface area contributed by atoms with E-state index in [-0.39, 0.29) is 12.5 Å². The Morgan fingerprint density at radius 2 is 1.82 bits per heavy atom. The summed E-state index contributed by atoms with van der Waals surface area (Å²) >= 11 is 0. The van der Waals surface area contributed by atoms with E-state index in [4.69, 9.17) is 10.8 Å². The van der Waals surface area contributed by atoms with E-state index in [9.17, 15) is 14.4 Å². The molecule has 2 amide bonds. The lowest BCUT2D eigenvalue weighted by molar-refractivity contribution is -0.141. The predicted molar refractivity (Wildman–Crippen MR) is 81.2 cm³/mol. The Balaban J connectivity index is 2.40. The standard InChI is InChI=1S/C15H21N3O4/c16-9-5-4-8-12(15(21)22)18-13(19)10-17-14(20)11-6-2-1-3-7-11/h1-3,6-7,12H,4-5,8-10,16H2,(H,17,20)(H,18,19)(H,21,22)/t12-/m0/s1. The fourth-order valence-corrected chi connectivity index (χ4v) is 1.85. The highest BCUT2D eigenvalue weighted by atomic mass is 16.4. The third-order valence-electron chi connectivity index (χ3n) is 3.03. The maximum atomic E-state index is 11.8. The molecule has 0 aromatic heterocycles. The zero-order valence-electron chi connectivity index (χ0n) is 12.2. The molecule has 1 aromatic carbocycles. The first-order valence-electron chi connectivity index (χ1n) is 7.10. The van der Waals surface area contributed by atoms with E-state index in [0.717, 1.165) is 0 Å². The number of carbonyl (C=O) groups excluding carboxylic acids is 2. The molecule has 0 unspecified atom stereocenters. The lowest BCUT2D eigenvalue weighted by Crippen LogP contribution is -2.45. The Hall–Kier alpha value is -2.41. The number of nitrogens with two attached hydrogens (primary N) is 1. The fraction of sp³-hybridized carbons (Fsp3) is 0.400. The van der Waals surface area contributed by atoms with E-state index in [0.29, 0.717) is 31.4 Å². The number of carbonyl (C=O) groups is 3. The summed E-state index contributed by atoms with van der Waals surface area (Å²) in [4.78, 5) is 34.5. The summed E-state index contributed by atoms with van der Waals surface area (Å²) in [6.07, 6.45) is 1.62. The van der Waals surface area contributed by atoms with Gasteiger partial charge in [-0.05, 0) is 37.9 Å². The van der Waals surface area contributed by atoms with Gasteiger partial charge in [0.15, 0.2) is 0 Å². The summed E-state index contributed by atoms with van der Waals surface area (Å²) < 4.78 is 0. The van der Waals surface area contributed by atoms with Gasteiger partial charge in [0, 0.05) is 5.56 Å². The number of carboxylic acid groups (broad SMARTS) is 1. The molecular formula is C15H21N3O4. The molecule has 7 heteroatoms. The van der Waals surface area contributed by atoms with E-state index in [1.165, 1.54) is 0 Å². The molecule has 0 saturated carbocycles. The molecule has 0 aliphatic carbocycles. The highest BCUT2D eigenvalue weighted by molar-refractivity contribution is 5.96. The summed E-state index contributed by atoms with van der Waals surface area (Å²) in [7, 11) is 0. The minimum Gasteiger partial charge on any atom is -0.480 e. The highest BCUT2D eigenvalue weighted by Crippen LogP contribution is 2.01. The molecule has 0 saturated heterocycles. The molecule has 1 atom stereocenters. The average molecular weight is 307 g/mol. The van der Waals surface area contributed by atoms with Crippen LogP contribution in [0.3, 0.4) is 0 Å². The Morgan fingerprint density at radius 1 is 1.14 bits per heavy atom. The van der Waals surface area contributed by atoms with Crippen molar-refractivity contribution in [1.82, 2.24) is 10.6 Å². The molecule has 0 bridgehead atoms. The molecule has 0 radical (unpaired) electrons. The topological polar surface area (TPSA) is 122 Å². The molecule has 1 aromatic rings. The van der Waals surface area contributed by atoms with Gasteiger partial charge in [0.05, 0.1) is 6.54 Å². The van der Waals surface area contributed by atoms with Crippen LogP contribution in [0.1, 0.15) is 29.6 Å². The zero-order valence-corrected chi connectivity index (χ0v) is 12.2. The number of nitrogens with one attached hydrogen (secondary N) is 2. The van der Waals surface area contributed by atoms with Crippen molar-refractivity contribution >= 4 is 17.8 Å². The summed E-state index contributed by atoms with van der Waals surface area (Å²) in [5.41, 5.74) is 5.78. The van der Waals surface area contributed by atoms with Crippen molar-refractivity contribution in [2.75, 3.05) is 13.1 Å². The van der Waals surface area contributed by atoms with Crippen molar-refractivity contribution < 1.29 is 19.5 Å². The molecule has 0 heterocycles. The zero-order chi connectivity index (χ0) is 16.4. The van der Waals surface area contributed by atoms with Gasteiger partial charge in [0.25, 0.3) is 5.91 Å². The van der Waals surface area contributed by atoms with Crippen LogP contribution in [0.15, 0.2) is 30.3 Å².